The first-order valence-corrected chi connectivity index (χ1v) is 10.1. The quantitative estimate of drug-likeness (QED) is 0.752. The minimum atomic E-state index is -0.0466. The van der Waals surface area contributed by atoms with Crippen molar-refractivity contribution in [3.8, 4) is 0 Å². The molecule has 136 valence electrons. The normalized spacial score (nSPS) is 16.2. The molecule has 6 heteroatoms. The molecule has 4 rings (SSSR count). The molecule has 0 spiro atoms. The summed E-state index contributed by atoms with van der Waals surface area (Å²) in [6.07, 6.45) is 4.31. The first-order valence-electron chi connectivity index (χ1n) is 9.20. The number of nitrogens with zero attached hydrogens (tertiary/aromatic N) is 3. The lowest BCUT2D eigenvalue weighted by molar-refractivity contribution is 0.0939. The number of nitrogens with one attached hydrogen (secondary N) is 1. The topological polar surface area (TPSA) is 49.6 Å². The molecule has 0 bridgehead atoms. The van der Waals surface area contributed by atoms with Gasteiger partial charge in [0.1, 0.15) is 11.3 Å². The van der Waals surface area contributed by atoms with Gasteiger partial charge >= 0.3 is 0 Å². The first-order chi connectivity index (χ1) is 12.7. The van der Waals surface area contributed by atoms with Crippen molar-refractivity contribution >= 4 is 22.9 Å². The third-order valence-corrected chi connectivity index (χ3v) is 6.20. The number of rotatable bonds is 5. The monoisotopic (exact) mass is 368 g/mol. The first kappa shape index (κ1) is 17.2. The molecule has 0 aromatic carbocycles. The molecular weight excluding hydrogens is 344 g/mol. The van der Waals surface area contributed by atoms with E-state index in [4.69, 9.17) is 0 Å². The number of aromatic nitrogens is 2. The predicted molar refractivity (Wildman–Crippen MR) is 105 cm³/mol. The van der Waals surface area contributed by atoms with Crippen molar-refractivity contribution in [1.29, 1.82) is 0 Å². The average Bonchev–Trinajstić information content (AvgIpc) is 3.29. The number of aryl methyl sites for hydroxylation is 1. The van der Waals surface area contributed by atoms with Crippen molar-refractivity contribution in [2.75, 3.05) is 26.2 Å². The van der Waals surface area contributed by atoms with Crippen molar-refractivity contribution in [3.63, 3.8) is 0 Å². The van der Waals surface area contributed by atoms with Crippen LogP contribution in [0.5, 0.6) is 0 Å². The number of thiophene rings is 1. The second kappa shape index (κ2) is 7.60. The maximum atomic E-state index is 12.6. The molecule has 0 saturated carbocycles. The highest BCUT2D eigenvalue weighted by Gasteiger charge is 2.21. The summed E-state index contributed by atoms with van der Waals surface area (Å²) in [5.74, 6) is 0.663. The summed E-state index contributed by atoms with van der Waals surface area (Å²) in [5, 5.41) is 5.23. The summed E-state index contributed by atoms with van der Waals surface area (Å²) in [4.78, 5) is 21.0. The van der Waals surface area contributed by atoms with Gasteiger partial charge in [-0.2, -0.15) is 0 Å². The van der Waals surface area contributed by atoms with E-state index >= 15 is 0 Å². The second-order valence-corrected chi connectivity index (χ2v) is 7.84. The predicted octanol–water partition coefficient (Wildman–Crippen LogP) is 3.31. The summed E-state index contributed by atoms with van der Waals surface area (Å²) in [6, 6.07) is 10.2. The summed E-state index contributed by atoms with van der Waals surface area (Å²) in [7, 11) is 0. The third-order valence-electron chi connectivity index (χ3n) is 5.17. The fourth-order valence-corrected chi connectivity index (χ4v) is 4.66. The standard InChI is InChI=1S/C20H24N4OS/c1-15-19(24-10-3-2-6-18(24)22-15)20(25)21-9-13-23-11-7-16(8-12-23)17-5-4-14-26-17/h2-6,10,14,16H,7-9,11-13H2,1H3,(H,21,25). The second-order valence-electron chi connectivity index (χ2n) is 6.86. The minimum Gasteiger partial charge on any atom is -0.349 e. The fourth-order valence-electron chi connectivity index (χ4n) is 3.76. The highest BCUT2D eigenvalue weighted by Crippen LogP contribution is 2.30. The molecule has 1 saturated heterocycles. The maximum absolute atomic E-state index is 12.6. The zero-order chi connectivity index (χ0) is 17.9. The Labute approximate surface area is 157 Å². The number of carbonyl (C=O) groups excluding carboxylic acids is 1. The van der Waals surface area contributed by atoms with Crippen molar-refractivity contribution < 1.29 is 4.79 Å². The summed E-state index contributed by atoms with van der Waals surface area (Å²) >= 11 is 1.87. The fraction of sp³-hybridized carbons (Fsp3) is 0.400. The van der Waals surface area contributed by atoms with E-state index in [1.54, 1.807) is 0 Å². The van der Waals surface area contributed by atoms with Gasteiger partial charge in [0.15, 0.2) is 0 Å². The van der Waals surface area contributed by atoms with Gasteiger partial charge in [-0.3, -0.25) is 9.20 Å². The van der Waals surface area contributed by atoms with Gasteiger partial charge in [-0.05, 0) is 62.4 Å². The van der Waals surface area contributed by atoms with Crippen LogP contribution in [0, 0.1) is 6.92 Å². The molecule has 5 nitrogen and oxygen atoms in total. The molecule has 0 radical (unpaired) electrons. The van der Waals surface area contributed by atoms with E-state index in [2.05, 4.69) is 32.7 Å². The lowest BCUT2D eigenvalue weighted by Gasteiger charge is -2.31. The zero-order valence-electron chi connectivity index (χ0n) is 15.0. The molecule has 26 heavy (non-hydrogen) atoms. The molecule has 4 heterocycles. The molecular formula is C20H24N4OS. The number of carbonyl (C=O) groups is 1. The van der Waals surface area contributed by atoms with Crippen molar-refractivity contribution in [2.24, 2.45) is 0 Å². The van der Waals surface area contributed by atoms with E-state index in [0.717, 1.165) is 31.0 Å². The lowest BCUT2D eigenvalue weighted by Crippen LogP contribution is -2.39. The Balaban J connectivity index is 1.28. The Morgan fingerprint density at radius 2 is 2.12 bits per heavy atom. The van der Waals surface area contributed by atoms with Crippen LogP contribution in [-0.2, 0) is 0 Å². The van der Waals surface area contributed by atoms with E-state index in [0.29, 0.717) is 18.2 Å². The molecule has 0 atom stereocenters. The highest BCUT2D eigenvalue weighted by atomic mass is 32.1. The Hall–Kier alpha value is -2.18. The van der Waals surface area contributed by atoms with Crippen LogP contribution in [0.2, 0.25) is 0 Å². The Kier molecular flexibility index (Phi) is 5.04. The average molecular weight is 369 g/mol. The number of fused-ring (bicyclic) bond motifs is 1. The third kappa shape index (κ3) is 3.52. The number of amides is 1. The Morgan fingerprint density at radius 1 is 1.27 bits per heavy atom. The largest absolute Gasteiger partial charge is 0.349 e. The Bertz CT molecular complexity index is 878. The van der Waals surface area contributed by atoms with Crippen molar-refractivity contribution in [3.05, 3.63) is 58.2 Å². The summed E-state index contributed by atoms with van der Waals surface area (Å²) in [5.41, 5.74) is 2.22. The highest BCUT2D eigenvalue weighted by molar-refractivity contribution is 7.10. The van der Waals surface area contributed by atoms with E-state index in [1.807, 2.05) is 47.1 Å². The molecule has 3 aromatic heterocycles. The van der Waals surface area contributed by atoms with Crippen molar-refractivity contribution in [1.82, 2.24) is 19.6 Å². The lowest BCUT2D eigenvalue weighted by atomic mass is 9.95. The van der Waals surface area contributed by atoms with Crippen LogP contribution < -0.4 is 5.32 Å². The van der Waals surface area contributed by atoms with Crippen LogP contribution in [0.3, 0.4) is 0 Å². The van der Waals surface area contributed by atoms with E-state index in [9.17, 15) is 4.79 Å². The molecule has 1 amide bonds. The van der Waals surface area contributed by atoms with Gasteiger partial charge in [-0.1, -0.05) is 12.1 Å². The summed E-state index contributed by atoms with van der Waals surface area (Å²) < 4.78 is 1.86. The number of hydrogen-bond acceptors (Lipinski definition) is 4. The van der Waals surface area contributed by atoms with Gasteiger partial charge in [-0.15, -0.1) is 11.3 Å². The maximum Gasteiger partial charge on any atom is 0.270 e. The van der Waals surface area contributed by atoms with Crippen molar-refractivity contribution in [2.45, 2.75) is 25.7 Å². The van der Waals surface area contributed by atoms with Crippen LogP contribution in [0.1, 0.15) is 39.8 Å². The van der Waals surface area contributed by atoms with Crippen LogP contribution >= 0.6 is 11.3 Å². The van der Waals surface area contributed by atoms with Crippen LogP contribution in [0.25, 0.3) is 5.65 Å². The number of imidazole rings is 1. The number of hydrogen-bond donors (Lipinski definition) is 1. The number of likely N-dealkylation sites (tertiary alicyclic amines) is 1. The van der Waals surface area contributed by atoms with Gasteiger partial charge in [0.2, 0.25) is 0 Å². The molecule has 1 fully saturated rings. The Morgan fingerprint density at radius 3 is 2.88 bits per heavy atom. The van der Waals surface area contributed by atoms with Gasteiger partial charge in [0.05, 0.1) is 5.69 Å². The van der Waals surface area contributed by atoms with E-state index in [-0.39, 0.29) is 5.91 Å². The smallest absolute Gasteiger partial charge is 0.270 e. The molecule has 1 N–H and O–H groups in total. The minimum absolute atomic E-state index is 0.0466. The zero-order valence-corrected chi connectivity index (χ0v) is 15.8. The van der Waals surface area contributed by atoms with Crippen LogP contribution in [0.4, 0.5) is 0 Å². The summed E-state index contributed by atoms with van der Waals surface area (Å²) in [6.45, 7) is 5.66. The SMILES string of the molecule is Cc1nc2ccccn2c1C(=O)NCCN1CCC(c2cccs2)CC1. The number of pyridine rings is 1. The molecule has 0 unspecified atom stereocenters. The molecule has 1 aliphatic heterocycles. The van der Waals surface area contributed by atoms with Gasteiger partial charge in [0, 0.05) is 24.2 Å². The molecule has 0 aliphatic carbocycles. The van der Waals surface area contributed by atoms with E-state index < -0.39 is 0 Å². The van der Waals surface area contributed by atoms with Gasteiger partial charge in [0.25, 0.3) is 5.91 Å². The van der Waals surface area contributed by atoms with Gasteiger partial charge in [-0.25, -0.2) is 4.98 Å². The van der Waals surface area contributed by atoms with Crippen LogP contribution in [0.15, 0.2) is 41.9 Å². The number of piperidine rings is 1. The molecule has 3 aromatic rings. The van der Waals surface area contributed by atoms with E-state index in [1.165, 1.54) is 17.7 Å². The molecule has 1 aliphatic rings. The van der Waals surface area contributed by atoms with Crippen LogP contribution in [-0.4, -0.2) is 46.4 Å². The van der Waals surface area contributed by atoms with Gasteiger partial charge < -0.3 is 10.2 Å².